The SMILES string of the molecule is Cc1cc(Cc2ccccc2F)cc(C2CCCN(Cc3cnn(C)c3C)C2)n1. The molecule has 2 aromatic heterocycles. The Bertz CT molecular complexity index is 994. The van der Waals surface area contributed by atoms with Gasteiger partial charge in [-0.25, -0.2) is 4.39 Å². The summed E-state index contributed by atoms with van der Waals surface area (Å²) in [5.74, 6) is 0.277. The molecule has 0 saturated carbocycles. The van der Waals surface area contributed by atoms with Gasteiger partial charge in [-0.05, 0) is 62.6 Å². The van der Waals surface area contributed by atoms with Crippen LogP contribution in [0, 0.1) is 19.7 Å². The predicted octanol–water partition coefficient (Wildman–Crippen LogP) is 4.54. The summed E-state index contributed by atoms with van der Waals surface area (Å²) in [6, 6.07) is 11.3. The Morgan fingerprint density at radius 3 is 2.72 bits per heavy atom. The van der Waals surface area contributed by atoms with E-state index < -0.39 is 0 Å². The second-order valence-corrected chi connectivity index (χ2v) is 8.26. The van der Waals surface area contributed by atoms with Crippen molar-refractivity contribution in [3.63, 3.8) is 0 Å². The van der Waals surface area contributed by atoms with Gasteiger partial charge in [0.05, 0.1) is 6.20 Å². The maximum absolute atomic E-state index is 14.1. The van der Waals surface area contributed by atoms with Crippen LogP contribution in [0.25, 0.3) is 0 Å². The highest BCUT2D eigenvalue weighted by molar-refractivity contribution is 5.30. The van der Waals surface area contributed by atoms with Crippen LogP contribution in [0.15, 0.2) is 42.6 Å². The van der Waals surface area contributed by atoms with Gasteiger partial charge in [0.2, 0.25) is 0 Å². The number of halogens is 1. The molecule has 152 valence electrons. The largest absolute Gasteiger partial charge is 0.298 e. The minimum absolute atomic E-state index is 0.140. The summed E-state index contributed by atoms with van der Waals surface area (Å²) >= 11 is 0. The maximum atomic E-state index is 14.1. The molecule has 4 rings (SSSR count). The van der Waals surface area contributed by atoms with E-state index in [9.17, 15) is 4.39 Å². The smallest absolute Gasteiger partial charge is 0.126 e. The van der Waals surface area contributed by atoms with Crippen LogP contribution >= 0.6 is 0 Å². The number of aryl methyl sites for hydroxylation is 2. The molecule has 1 atom stereocenters. The summed E-state index contributed by atoms with van der Waals surface area (Å²) < 4.78 is 16.0. The Balaban J connectivity index is 1.50. The molecular weight excluding hydrogens is 363 g/mol. The molecule has 1 aromatic carbocycles. The van der Waals surface area contributed by atoms with Gasteiger partial charge in [-0.3, -0.25) is 14.6 Å². The van der Waals surface area contributed by atoms with Gasteiger partial charge in [0.15, 0.2) is 0 Å². The first-order valence-electron chi connectivity index (χ1n) is 10.4. The van der Waals surface area contributed by atoms with Gasteiger partial charge in [-0.1, -0.05) is 18.2 Å². The number of benzene rings is 1. The molecule has 1 aliphatic rings. The topological polar surface area (TPSA) is 34.0 Å². The zero-order valence-corrected chi connectivity index (χ0v) is 17.5. The second kappa shape index (κ2) is 8.46. The van der Waals surface area contributed by atoms with Crippen LogP contribution in [0.3, 0.4) is 0 Å². The lowest BCUT2D eigenvalue weighted by molar-refractivity contribution is 0.198. The first-order chi connectivity index (χ1) is 14.0. The summed E-state index contributed by atoms with van der Waals surface area (Å²) in [6.07, 6.45) is 4.91. The Kier molecular flexibility index (Phi) is 5.76. The molecule has 1 aliphatic heterocycles. The minimum Gasteiger partial charge on any atom is -0.298 e. The highest BCUT2D eigenvalue weighted by Crippen LogP contribution is 2.28. The molecule has 5 heteroatoms. The Morgan fingerprint density at radius 1 is 1.14 bits per heavy atom. The van der Waals surface area contributed by atoms with Gasteiger partial charge < -0.3 is 0 Å². The van der Waals surface area contributed by atoms with Crippen LogP contribution in [0.5, 0.6) is 0 Å². The molecule has 1 unspecified atom stereocenters. The monoisotopic (exact) mass is 392 g/mol. The van der Waals surface area contributed by atoms with Gasteiger partial charge >= 0.3 is 0 Å². The summed E-state index contributed by atoms with van der Waals surface area (Å²) in [5, 5.41) is 4.38. The lowest BCUT2D eigenvalue weighted by atomic mass is 9.92. The molecule has 3 aromatic rings. The van der Waals surface area contributed by atoms with Crippen molar-refractivity contribution in [2.24, 2.45) is 7.05 Å². The van der Waals surface area contributed by atoms with E-state index in [1.165, 1.54) is 23.7 Å². The molecule has 4 nitrogen and oxygen atoms in total. The Morgan fingerprint density at radius 2 is 1.97 bits per heavy atom. The summed E-state index contributed by atoms with van der Waals surface area (Å²) in [7, 11) is 1.99. The predicted molar refractivity (Wildman–Crippen MR) is 113 cm³/mol. The number of pyridine rings is 1. The van der Waals surface area contributed by atoms with Crippen molar-refractivity contribution in [3.05, 3.63) is 82.2 Å². The van der Waals surface area contributed by atoms with E-state index in [4.69, 9.17) is 4.98 Å². The first kappa shape index (κ1) is 19.8. The van der Waals surface area contributed by atoms with E-state index in [2.05, 4.69) is 29.1 Å². The standard InChI is InChI=1S/C24H29FN4/c1-17-11-19(12-20-7-4-5-9-23(20)25)13-24(27-17)21-8-6-10-29(15-21)16-22-14-26-28(3)18(22)2/h4-5,7,9,11,13-14,21H,6,8,10,12,15-16H2,1-3H3. The third-order valence-electron chi connectivity index (χ3n) is 6.04. The van der Waals surface area contributed by atoms with E-state index in [1.54, 1.807) is 6.07 Å². The summed E-state index contributed by atoms with van der Waals surface area (Å²) in [6.45, 7) is 7.21. The molecule has 0 amide bonds. The fourth-order valence-electron chi connectivity index (χ4n) is 4.32. The summed E-state index contributed by atoms with van der Waals surface area (Å²) in [4.78, 5) is 7.36. The van der Waals surface area contributed by atoms with Crippen LogP contribution in [0.1, 0.15) is 52.5 Å². The third kappa shape index (κ3) is 4.56. The maximum Gasteiger partial charge on any atom is 0.126 e. The molecule has 0 radical (unpaired) electrons. The Hall–Kier alpha value is -2.53. The van der Waals surface area contributed by atoms with Crippen LogP contribution in [0.4, 0.5) is 4.39 Å². The van der Waals surface area contributed by atoms with Crippen LogP contribution in [-0.2, 0) is 20.0 Å². The number of nitrogens with zero attached hydrogens (tertiary/aromatic N) is 4. The van der Waals surface area contributed by atoms with Gasteiger partial charge in [-0.15, -0.1) is 0 Å². The summed E-state index contributed by atoms with van der Waals surface area (Å²) in [5.41, 5.74) is 6.55. The fraction of sp³-hybridized carbons (Fsp3) is 0.417. The lowest BCUT2D eigenvalue weighted by Crippen LogP contribution is -2.34. The van der Waals surface area contributed by atoms with E-state index in [-0.39, 0.29) is 5.82 Å². The van der Waals surface area contributed by atoms with Crippen molar-refractivity contribution in [1.29, 1.82) is 0 Å². The van der Waals surface area contributed by atoms with Crippen molar-refractivity contribution in [3.8, 4) is 0 Å². The highest BCUT2D eigenvalue weighted by Gasteiger charge is 2.24. The molecule has 3 heterocycles. The molecule has 0 bridgehead atoms. The molecule has 1 saturated heterocycles. The zero-order valence-electron chi connectivity index (χ0n) is 17.5. The van der Waals surface area contributed by atoms with Crippen molar-refractivity contribution in [2.75, 3.05) is 13.1 Å². The molecule has 0 N–H and O–H groups in total. The Labute approximate surface area is 172 Å². The number of hydrogen-bond acceptors (Lipinski definition) is 3. The van der Waals surface area contributed by atoms with Gasteiger partial charge in [-0.2, -0.15) is 5.10 Å². The van der Waals surface area contributed by atoms with Crippen LogP contribution in [0.2, 0.25) is 0 Å². The molecule has 0 spiro atoms. The highest BCUT2D eigenvalue weighted by atomic mass is 19.1. The zero-order chi connectivity index (χ0) is 20.4. The van der Waals surface area contributed by atoms with Gasteiger partial charge in [0.1, 0.15) is 5.82 Å². The van der Waals surface area contributed by atoms with Crippen molar-refractivity contribution in [2.45, 2.75) is 45.6 Å². The van der Waals surface area contributed by atoms with Crippen LogP contribution < -0.4 is 0 Å². The molecule has 0 aliphatic carbocycles. The second-order valence-electron chi connectivity index (χ2n) is 8.26. The van der Waals surface area contributed by atoms with Crippen LogP contribution in [-0.4, -0.2) is 32.8 Å². The third-order valence-corrected chi connectivity index (χ3v) is 6.04. The molecule has 1 fully saturated rings. The van der Waals surface area contributed by atoms with Gasteiger partial charge in [0.25, 0.3) is 0 Å². The van der Waals surface area contributed by atoms with E-state index in [0.29, 0.717) is 12.3 Å². The first-order valence-corrected chi connectivity index (χ1v) is 10.4. The van der Waals surface area contributed by atoms with E-state index in [1.807, 2.05) is 37.0 Å². The van der Waals surface area contributed by atoms with Crippen molar-refractivity contribution in [1.82, 2.24) is 19.7 Å². The molecular formula is C24H29FN4. The van der Waals surface area contributed by atoms with Crippen molar-refractivity contribution >= 4 is 0 Å². The lowest BCUT2D eigenvalue weighted by Gasteiger charge is -2.32. The number of hydrogen-bond donors (Lipinski definition) is 0. The quantitative estimate of drug-likeness (QED) is 0.639. The minimum atomic E-state index is -0.140. The fourth-order valence-corrected chi connectivity index (χ4v) is 4.32. The normalized spacial score (nSPS) is 17.6. The van der Waals surface area contributed by atoms with Crippen molar-refractivity contribution < 1.29 is 4.39 Å². The number of likely N-dealkylation sites (tertiary alicyclic amines) is 1. The number of rotatable bonds is 5. The molecule has 29 heavy (non-hydrogen) atoms. The average Bonchev–Trinajstić information content (AvgIpc) is 3.02. The average molecular weight is 393 g/mol. The number of piperidine rings is 1. The van der Waals surface area contributed by atoms with E-state index >= 15 is 0 Å². The van der Waals surface area contributed by atoms with E-state index in [0.717, 1.165) is 48.6 Å². The van der Waals surface area contributed by atoms with Gasteiger partial charge in [0, 0.05) is 55.1 Å². The number of aromatic nitrogens is 3.